The molecule has 0 spiro atoms. The van der Waals surface area contributed by atoms with Crippen LogP contribution in [-0.2, 0) is 4.79 Å². The maximum absolute atomic E-state index is 12.6. The Labute approximate surface area is 126 Å². The molecule has 1 aromatic carbocycles. The quantitative estimate of drug-likeness (QED) is 0.850. The summed E-state index contributed by atoms with van der Waals surface area (Å²) in [5.74, 6) is 1.11. The number of thioether (sulfide) groups is 1. The third-order valence-corrected chi connectivity index (χ3v) is 6.48. The second-order valence-electron chi connectivity index (χ2n) is 5.51. The maximum atomic E-state index is 12.6. The zero-order valence-electron chi connectivity index (χ0n) is 10.8. The molecule has 1 aliphatic carbocycles. The third-order valence-electron chi connectivity index (χ3n) is 4.22. The van der Waals surface area contributed by atoms with Crippen LogP contribution in [0.5, 0.6) is 0 Å². The van der Waals surface area contributed by atoms with Crippen LogP contribution in [0.15, 0.2) is 29.2 Å². The highest BCUT2D eigenvalue weighted by molar-refractivity contribution is 9.09. The molecule has 1 aliphatic heterocycles. The number of hydrogen-bond acceptors (Lipinski definition) is 2. The summed E-state index contributed by atoms with van der Waals surface area (Å²) in [6, 6.07) is 8.28. The van der Waals surface area contributed by atoms with Crippen LogP contribution in [0.3, 0.4) is 0 Å². The lowest BCUT2D eigenvalue weighted by Gasteiger charge is -2.29. The summed E-state index contributed by atoms with van der Waals surface area (Å²) in [4.78, 5) is 13.8. The summed E-state index contributed by atoms with van der Waals surface area (Å²) in [7, 11) is 0. The highest BCUT2D eigenvalue weighted by Crippen LogP contribution is 2.40. The molecule has 0 aromatic heterocycles. The van der Waals surface area contributed by atoms with E-state index in [1.165, 1.54) is 23.3 Å². The van der Waals surface area contributed by atoms with Crippen LogP contribution in [-0.4, -0.2) is 22.5 Å². The van der Waals surface area contributed by atoms with Gasteiger partial charge in [-0.15, -0.1) is 11.8 Å². The van der Waals surface area contributed by atoms with Gasteiger partial charge in [-0.25, -0.2) is 0 Å². The van der Waals surface area contributed by atoms with Crippen molar-refractivity contribution in [2.45, 2.75) is 42.0 Å². The molecule has 2 aliphatic rings. The van der Waals surface area contributed by atoms with Crippen molar-refractivity contribution in [3.63, 3.8) is 0 Å². The van der Waals surface area contributed by atoms with Gasteiger partial charge in [-0.1, -0.05) is 47.0 Å². The van der Waals surface area contributed by atoms with Gasteiger partial charge in [0.2, 0.25) is 5.91 Å². The van der Waals surface area contributed by atoms with E-state index in [2.05, 4.69) is 33.4 Å². The molecule has 1 unspecified atom stereocenters. The minimum atomic E-state index is -0.000711. The van der Waals surface area contributed by atoms with Crippen molar-refractivity contribution < 1.29 is 4.79 Å². The third kappa shape index (κ3) is 2.57. The highest BCUT2D eigenvalue weighted by atomic mass is 79.9. The van der Waals surface area contributed by atoms with Crippen molar-refractivity contribution in [3.05, 3.63) is 29.8 Å². The molecule has 1 amide bonds. The number of rotatable bonds is 3. The lowest BCUT2D eigenvalue weighted by molar-refractivity contribution is -0.123. The molecule has 1 atom stereocenters. The van der Waals surface area contributed by atoms with Gasteiger partial charge in [-0.3, -0.25) is 4.79 Å². The van der Waals surface area contributed by atoms with Crippen LogP contribution in [0.4, 0.5) is 0 Å². The van der Waals surface area contributed by atoms with Crippen molar-refractivity contribution in [3.8, 4) is 0 Å². The fourth-order valence-corrected chi connectivity index (χ4v) is 5.00. The van der Waals surface area contributed by atoms with Crippen LogP contribution < -0.4 is 5.32 Å². The van der Waals surface area contributed by atoms with Crippen molar-refractivity contribution in [1.82, 2.24) is 5.32 Å². The summed E-state index contributed by atoms with van der Waals surface area (Å²) >= 11 is 5.38. The molecule has 4 heteroatoms. The van der Waals surface area contributed by atoms with E-state index in [1.54, 1.807) is 11.8 Å². The Balaban J connectivity index is 1.75. The standard InChI is InChI=1S/C15H18BrNOS/c16-10-15(7-3-4-8-15)17-14(18)12-9-19-13-6-2-1-5-11(12)13/h1-2,5-6,12H,3-4,7-10H2,(H,17,18). The number of nitrogens with one attached hydrogen (secondary N) is 1. The number of benzene rings is 1. The number of halogens is 1. The first-order chi connectivity index (χ1) is 9.24. The summed E-state index contributed by atoms with van der Waals surface area (Å²) < 4.78 is 0. The summed E-state index contributed by atoms with van der Waals surface area (Å²) in [6.45, 7) is 0. The zero-order valence-corrected chi connectivity index (χ0v) is 13.2. The molecule has 0 bridgehead atoms. The monoisotopic (exact) mass is 339 g/mol. The molecule has 19 heavy (non-hydrogen) atoms. The molecule has 102 valence electrons. The van der Waals surface area contributed by atoms with Gasteiger partial charge in [0.1, 0.15) is 0 Å². The Morgan fingerprint density at radius 3 is 2.84 bits per heavy atom. The minimum Gasteiger partial charge on any atom is -0.349 e. The van der Waals surface area contributed by atoms with Gasteiger partial charge >= 0.3 is 0 Å². The Morgan fingerprint density at radius 1 is 1.37 bits per heavy atom. The van der Waals surface area contributed by atoms with Crippen LogP contribution in [0.25, 0.3) is 0 Å². The predicted molar refractivity (Wildman–Crippen MR) is 83.0 cm³/mol. The van der Waals surface area contributed by atoms with E-state index >= 15 is 0 Å². The molecule has 0 radical (unpaired) electrons. The Kier molecular flexibility index (Phi) is 3.90. The first kappa shape index (κ1) is 13.5. The lowest BCUT2D eigenvalue weighted by Crippen LogP contribution is -2.49. The molecule has 1 heterocycles. The molecule has 0 saturated heterocycles. The second kappa shape index (κ2) is 5.49. The number of amides is 1. The van der Waals surface area contributed by atoms with Crippen molar-refractivity contribution in [1.29, 1.82) is 0 Å². The van der Waals surface area contributed by atoms with Gasteiger partial charge in [0.05, 0.1) is 5.92 Å². The molecule has 1 aromatic rings. The van der Waals surface area contributed by atoms with Crippen molar-refractivity contribution >= 4 is 33.6 Å². The van der Waals surface area contributed by atoms with Crippen LogP contribution in [0.2, 0.25) is 0 Å². The van der Waals surface area contributed by atoms with E-state index in [0.717, 1.165) is 23.9 Å². The van der Waals surface area contributed by atoms with Gasteiger partial charge in [-0.05, 0) is 24.5 Å². The largest absolute Gasteiger partial charge is 0.349 e. The van der Waals surface area contributed by atoms with E-state index in [1.807, 2.05) is 12.1 Å². The fraction of sp³-hybridized carbons (Fsp3) is 0.533. The first-order valence-corrected chi connectivity index (χ1v) is 8.94. The molecule has 3 rings (SSSR count). The average Bonchev–Trinajstić information content (AvgIpc) is 3.05. The summed E-state index contributed by atoms with van der Waals surface area (Å²) in [6.07, 6.45) is 4.65. The summed E-state index contributed by atoms with van der Waals surface area (Å²) in [5, 5.41) is 4.19. The van der Waals surface area contributed by atoms with E-state index in [4.69, 9.17) is 0 Å². The molecule has 2 nitrogen and oxygen atoms in total. The zero-order chi connectivity index (χ0) is 13.3. The van der Waals surface area contributed by atoms with Gasteiger partial charge in [0.25, 0.3) is 0 Å². The molecule has 1 N–H and O–H groups in total. The van der Waals surface area contributed by atoms with Gasteiger partial charge in [-0.2, -0.15) is 0 Å². The molecular weight excluding hydrogens is 322 g/mol. The van der Waals surface area contributed by atoms with Gasteiger partial charge in [0.15, 0.2) is 0 Å². The molecule has 1 fully saturated rings. The second-order valence-corrected chi connectivity index (χ2v) is 7.13. The SMILES string of the molecule is O=C(NC1(CBr)CCCC1)C1CSc2ccccc21. The maximum Gasteiger partial charge on any atom is 0.228 e. The lowest BCUT2D eigenvalue weighted by atomic mass is 9.96. The Hall–Kier alpha value is -0.480. The smallest absolute Gasteiger partial charge is 0.228 e. The normalized spacial score (nSPS) is 24.2. The van der Waals surface area contributed by atoms with E-state index in [9.17, 15) is 4.79 Å². The average molecular weight is 340 g/mol. The number of carbonyl (C=O) groups excluding carboxylic acids is 1. The fourth-order valence-electron chi connectivity index (χ4n) is 3.07. The highest BCUT2D eigenvalue weighted by Gasteiger charge is 2.37. The number of hydrogen-bond donors (Lipinski definition) is 1. The Bertz CT molecular complexity index is 485. The first-order valence-electron chi connectivity index (χ1n) is 6.84. The van der Waals surface area contributed by atoms with Crippen molar-refractivity contribution in [2.24, 2.45) is 0 Å². The topological polar surface area (TPSA) is 29.1 Å². The van der Waals surface area contributed by atoms with Crippen LogP contribution >= 0.6 is 27.7 Å². The summed E-state index contributed by atoms with van der Waals surface area (Å²) in [5.41, 5.74) is 1.20. The van der Waals surface area contributed by atoms with Crippen LogP contribution in [0.1, 0.15) is 37.2 Å². The number of alkyl halides is 1. The van der Waals surface area contributed by atoms with Crippen LogP contribution in [0, 0.1) is 0 Å². The van der Waals surface area contributed by atoms with Crippen molar-refractivity contribution in [2.75, 3.05) is 11.1 Å². The number of fused-ring (bicyclic) bond motifs is 1. The van der Waals surface area contributed by atoms with Gasteiger partial charge in [0, 0.05) is 21.5 Å². The Morgan fingerprint density at radius 2 is 2.11 bits per heavy atom. The van der Waals surface area contributed by atoms with E-state index in [-0.39, 0.29) is 17.4 Å². The minimum absolute atomic E-state index is 0.000711. The van der Waals surface area contributed by atoms with E-state index < -0.39 is 0 Å². The molecule has 1 saturated carbocycles. The predicted octanol–water partition coefficient (Wildman–Crippen LogP) is 3.70. The molecular formula is C15H18BrNOS. The van der Waals surface area contributed by atoms with E-state index in [0.29, 0.717) is 0 Å². The number of carbonyl (C=O) groups is 1. The van der Waals surface area contributed by atoms with Gasteiger partial charge < -0.3 is 5.32 Å².